The third-order valence-electron chi connectivity index (χ3n) is 6.52. The van der Waals surface area contributed by atoms with E-state index >= 15 is 0 Å². The van der Waals surface area contributed by atoms with E-state index in [2.05, 4.69) is 19.9 Å². The number of benzene rings is 1. The Morgan fingerprint density at radius 2 is 1.62 bits per heavy atom. The van der Waals surface area contributed by atoms with Crippen molar-refractivity contribution in [2.24, 2.45) is 0 Å². The molecule has 0 saturated carbocycles. The molecule has 2 amide bonds. The average molecular weight is 531 g/mol. The summed E-state index contributed by atoms with van der Waals surface area (Å²) in [4.78, 5) is 58.6. The van der Waals surface area contributed by atoms with Gasteiger partial charge >= 0.3 is 6.01 Å². The van der Waals surface area contributed by atoms with Crippen LogP contribution in [0.4, 0.5) is 0 Å². The second-order valence-electron chi connectivity index (χ2n) is 8.69. The lowest BCUT2D eigenvalue weighted by atomic mass is 10.1. The summed E-state index contributed by atoms with van der Waals surface area (Å²) in [6.45, 7) is 1.15. The van der Waals surface area contributed by atoms with Crippen molar-refractivity contribution in [2.45, 2.75) is 0 Å². The van der Waals surface area contributed by atoms with E-state index < -0.39 is 11.7 Å². The Balaban J connectivity index is 1.41. The van der Waals surface area contributed by atoms with Crippen molar-refractivity contribution < 1.29 is 28.6 Å². The van der Waals surface area contributed by atoms with Gasteiger partial charge in [-0.1, -0.05) is 18.2 Å². The molecule has 1 saturated heterocycles. The molecular formula is C27H26N6O6. The van der Waals surface area contributed by atoms with Gasteiger partial charge in [-0.25, -0.2) is 4.98 Å². The number of fused-ring (bicyclic) bond motifs is 1. The predicted octanol–water partition coefficient (Wildman–Crippen LogP) is 2.21. The molecule has 0 atom stereocenters. The first kappa shape index (κ1) is 25.6. The molecule has 5 rings (SSSR count). The molecule has 1 N–H and O–H groups in total. The zero-order valence-electron chi connectivity index (χ0n) is 21.6. The molecule has 12 nitrogen and oxygen atoms in total. The van der Waals surface area contributed by atoms with Gasteiger partial charge in [-0.3, -0.25) is 14.4 Å². The van der Waals surface area contributed by atoms with E-state index in [0.29, 0.717) is 46.7 Å². The van der Waals surface area contributed by atoms with Crippen LogP contribution in [-0.4, -0.2) is 94.8 Å². The maximum atomic E-state index is 13.4. The molecule has 4 heterocycles. The van der Waals surface area contributed by atoms with E-state index in [9.17, 15) is 14.4 Å². The molecule has 0 radical (unpaired) electrons. The van der Waals surface area contributed by atoms with Crippen LogP contribution in [0.3, 0.4) is 0 Å². The van der Waals surface area contributed by atoms with Gasteiger partial charge in [-0.05, 0) is 12.1 Å². The summed E-state index contributed by atoms with van der Waals surface area (Å²) in [5.74, 6) is -0.873. The molecule has 1 aliphatic rings. The number of methoxy groups -OCH3 is 3. The van der Waals surface area contributed by atoms with Crippen LogP contribution in [-0.2, 0) is 4.79 Å². The molecule has 0 aliphatic carbocycles. The van der Waals surface area contributed by atoms with E-state index in [4.69, 9.17) is 14.2 Å². The third kappa shape index (κ3) is 4.83. The molecule has 200 valence electrons. The summed E-state index contributed by atoms with van der Waals surface area (Å²) in [5, 5.41) is 0.398. The van der Waals surface area contributed by atoms with Gasteiger partial charge < -0.3 is 29.0 Å². The first-order chi connectivity index (χ1) is 18.9. The van der Waals surface area contributed by atoms with Crippen molar-refractivity contribution in [1.82, 2.24) is 29.7 Å². The number of amides is 2. The number of hydrogen-bond donors (Lipinski definition) is 1. The van der Waals surface area contributed by atoms with Crippen LogP contribution in [0.2, 0.25) is 0 Å². The van der Waals surface area contributed by atoms with Crippen LogP contribution >= 0.6 is 0 Å². The highest BCUT2D eigenvalue weighted by Crippen LogP contribution is 2.35. The topological polar surface area (TPSA) is 140 Å². The molecule has 1 fully saturated rings. The zero-order chi connectivity index (χ0) is 27.5. The molecule has 39 heavy (non-hydrogen) atoms. The zero-order valence-corrected chi connectivity index (χ0v) is 21.6. The number of nitrogens with zero attached hydrogens (tertiary/aromatic N) is 5. The Morgan fingerprint density at radius 3 is 2.28 bits per heavy atom. The highest BCUT2D eigenvalue weighted by molar-refractivity contribution is 6.45. The van der Waals surface area contributed by atoms with Crippen LogP contribution in [0, 0.1) is 0 Å². The molecule has 1 aliphatic heterocycles. The smallest absolute Gasteiger partial charge is 0.320 e. The molecular weight excluding hydrogens is 504 g/mol. The second kappa shape index (κ2) is 10.8. The minimum absolute atomic E-state index is 0.0815. The van der Waals surface area contributed by atoms with Crippen molar-refractivity contribution >= 4 is 28.5 Å². The summed E-state index contributed by atoms with van der Waals surface area (Å²) in [7, 11) is 4.36. The molecule has 1 aromatic carbocycles. The molecule has 4 aromatic rings. The lowest BCUT2D eigenvalue weighted by Crippen LogP contribution is -2.52. The monoisotopic (exact) mass is 530 g/mol. The van der Waals surface area contributed by atoms with Crippen LogP contribution in [0.1, 0.15) is 20.7 Å². The van der Waals surface area contributed by atoms with Gasteiger partial charge in [-0.2, -0.15) is 9.97 Å². The lowest BCUT2D eigenvalue weighted by molar-refractivity contribution is -0.127. The third-order valence-corrected chi connectivity index (χ3v) is 6.52. The Kier molecular flexibility index (Phi) is 7.08. The van der Waals surface area contributed by atoms with Gasteiger partial charge in [-0.15, -0.1) is 0 Å². The average Bonchev–Trinajstić information content (AvgIpc) is 3.45. The van der Waals surface area contributed by atoms with E-state index in [1.54, 1.807) is 35.2 Å². The fourth-order valence-electron chi connectivity index (χ4n) is 4.50. The quantitative estimate of drug-likeness (QED) is 0.281. The number of aromatic amines is 1. The Bertz CT molecular complexity index is 1520. The van der Waals surface area contributed by atoms with Crippen molar-refractivity contribution in [1.29, 1.82) is 0 Å². The Morgan fingerprint density at radius 1 is 0.897 bits per heavy atom. The van der Waals surface area contributed by atoms with Crippen LogP contribution in [0.5, 0.6) is 17.6 Å². The van der Waals surface area contributed by atoms with E-state index in [1.165, 1.54) is 38.6 Å². The molecule has 0 spiro atoms. The van der Waals surface area contributed by atoms with Gasteiger partial charge in [0.05, 0.1) is 44.0 Å². The van der Waals surface area contributed by atoms with Gasteiger partial charge in [0.1, 0.15) is 17.1 Å². The maximum absolute atomic E-state index is 13.4. The van der Waals surface area contributed by atoms with Crippen LogP contribution < -0.4 is 14.2 Å². The largest absolute Gasteiger partial charge is 0.494 e. The maximum Gasteiger partial charge on any atom is 0.320 e. The Hall–Kier alpha value is -5.00. The number of carbonyl (C=O) groups excluding carboxylic acids is 3. The Labute approximate surface area is 223 Å². The SMILES string of the molecule is COc1cc(-c2ncc(OC)c3c(C(=O)C(=O)N4CCN(C(=O)c5ccccc5)CC4)c[nH]c23)nc(OC)n1. The number of nitrogens with one attached hydrogen (secondary N) is 1. The number of carbonyl (C=O) groups is 3. The fourth-order valence-corrected chi connectivity index (χ4v) is 4.50. The molecule has 0 bridgehead atoms. The number of rotatable bonds is 7. The van der Waals surface area contributed by atoms with Crippen LogP contribution in [0.15, 0.2) is 48.8 Å². The standard InChI is InChI=1S/C27H26N6O6/c1-37-19-15-29-22(18-13-20(38-2)31-27(30-18)39-3)23-21(19)17(14-28-23)24(34)26(36)33-11-9-32(10-12-33)25(35)16-7-5-4-6-8-16/h4-8,13-15,28H,9-12H2,1-3H3. The normalized spacial score (nSPS) is 13.3. The minimum atomic E-state index is -0.697. The van der Waals surface area contributed by atoms with Crippen molar-refractivity contribution in [3.63, 3.8) is 0 Å². The predicted molar refractivity (Wildman–Crippen MR) is 140 cm³/mol. The minimum Gasteiger partial charge on any atom is -0.494 e. The summed E-state index contributed by atoms with van der Waals surface area (Å²) in [5.41, 5.74) is 1.96. The van der Waals surface area contributed by atoms with Crippen molar-refractivity contribution in [2.75, 3.05) is 47.5 Å². The summed E-state index contributed by atoms with van der Waals surface area (Å²) in [6, 6.07) is 10.6. The first-order valence-corrected chi connectivity index (χ1v) is 12.1. The number of pyridine rings is 1. The highest BCUT2D eigenvalue weighted by atomic mass is 16.5. The number of piperazine rings is 1. The first-order valence-electron chi connectivity index (χ1n) is 12.1. The summed E-state index contributed by atoms with van der Waals surface area (Å²) < 4.78 is 15.9. The highest BCUT2D eigenvalue weighted by Gasteiger charge is 2.31. The number of Topliss-reactive ketones (excluding diaryl/α,β-unsaturated/α-hetero) is 1. The van der Waals surface area contributed by atoms with E-state index in [0.717, 1.165) is 0 Å². The van der Waals surface area contributed by atoms with Gasteiger partial charge in [0.2, 0.25) is 5.88 Å². The van der Waals surface area contributed by atoms with E-state index in [1.807, 2.05) is 6.07 Å². The number of ether oxygens (including phenoxy) is 3. The molecule has 12 heteroatoms. The number of hydrogen-bond acceptors (Lipinski definition) is 9. The fraction of sp³-hybridized carbons (Fsp3) is 0.259. The number of ketones is 1. The van der Waals surface area contributed by atoms with Crippen LogP contribution in [0.25, 0.3) is 22.3 Å². The summed E-state index contributed by atoms with van der Waals surface area (Å²) >= 11 is 0. The van der Waals surface area contributed by atoms with Gasteiger partial charge in [0.25, 0.3) is 17.6 Å². The number of aromatic nitrogens is 4. The number of H-pyrrole nitrogens is 1. The lowest BCUT2D eigenvalue weighted by Gasteiger charge is -2.34. The molecule has 0 unspecified atom stereocenters. The van der Waals surface area contributed by atoms with Gasteiger partial charge in [0.15, 0.2) is 0 Å². The van der Waals surface area contributed by atoms with Crippen molar-refractivity contribution in [3.05, 3.63) is 59.9 Å². The summed E-state index contributed by atoms with van der Waals surface area (Å²) in [6.07, 6.45) is 2.92. The van der Waals surface area contributed by atoms with Crippen molar-refractivity contribution in [3.8, 4) is 29.0 Å². The molecule has 3 aromatic heterocycles. The van der Waals surface area contributed by atoms with E-state index in [-0.39, 0.29) is 36.5 Å². The van der Waals surface area contributed by atoms with Gasteiger partial charge in [0, 0.05) is 44.0 Å². The second-order valence-corrected chi connectivity index (χ2v) is 8.69.